The van der Waals surface area contributed by atoms with Gasteiger partial charge in [-0.1, -0.05) is 383 Å². The predicted octanol–water partition coefficient (Wildman–Crippen LogP) is 25.2. The van der Waals surface area contributed by atoms with Gasteiger partial charge in [-0.15, -0.1) is 0 Å². The van der Waals surface area contributed by atoms with Crippen molar-refractivity contribution in [2.45, 2.75) is 453 Å². The maximum atomic E-state index is 13.1. The van der Waals surface area contributed by atoms with Gasteiger partial charge in [0.2, 0.25) is 0 Å². The fourth-order valence-corrected chi connectivity index (χ4v) is 14.5. The van der Waals surface area contributed by atoms with Gasteiger partial charge in [-0.2, -0.15) is 0 Å². The summed E-state index contributed by atoms with van der Waals surface area (Å²) >= 11 is 0. The number of hydrogen-bond acceptors (Lipinski definition) is 15. The highest BCUT2D eigenvalue weighted by Gasteiger charge is 2.30. The topological polar surface area (TPSA) is 237 Å². The number of phosphoric ester groups is 2. The number of phosphoric acid groups is 2. The average Bonchev–Trinajstić information content (AvgIpc) is 0.945. The molecule has 0 aliphatic rings. The third kappa shape index (κ3) is 78.0. The Labute approximate surface area is 632 Å². The van der Waals surface area contributed by atoms with Gasteiger partial charge in [0.1, 0.15) is 19.3 Å². The maximum absolute atomic E-state index is 13.1. The van der Waals surface area contributed by atoms with Crippen molar-refractivity contribution in [3.05, 3.63) is 0 Å². The Kier molecular flexibility index (Phi) is 71.5. The molecule has 0 fully saturated rings. The molecule has 0 aliphatic carbocycles. The fraction of sp³-hybridized carbons (Fsp3) is 0.952. The van der Waals surface area contributed by atoms with Crippen LogP contribution in [0.3, 0.4) is 0 Å². The molecule has 17 nitrogen and oxygen atoms in total. The lowest BCUT2D eigenvalue weighted by Crippen LogP contribution is -2.30. The number of carbonyl (C=O) groups is 4. The molecule has 5 atom stereocenters. The normalized spacial score (nSPS) is 14.0. The van der Waals surface area contributed by atoms with Gasteiger partial charge >= 0.3 is 39.5 Å². The summed E-state index contributed by atoms with van der Waals surface area (Å²) in [5, 5.41) is 10.7. The smallest absolute Gasteiger partial charge is 0.462 e. The standard InChI is InChI=1S/C84H164O17P2/c1-74(2)60-52-44-36-28-21-16-12-9-10-14-19-25-33-42-50-58-66-83(88)100-79(70-94-81(86)64-56-48-40-32-24-18-15-11-13-17-22-29-37-45-53-61-75(3)4)72-98-102(90,91)96-68-78(85)69-97-103(92,93)99-73-80(71-95-82(87)65-57-49-41-35-27-31-39-47-55-63-77(7)8)101-84(89)67-59-51-43-34-26-20-23-30-38-46-54-62-76(5)6/h74-80,85H,9-73H2,1-8H3,(H,90,91)(H,92,93)/t78-,79-,80-/m1/s1. The Hall–Kier alpha value is -1.94. The van der Waals surface area contributed by atoms with Crippen LogP contribution in [0.1, 0.15) is 434 Å². The lowest BCUT2D eigenvalue weighted by atomic mass is 10.0. The minimum absolute atomic E-state index is 0.106. The van der Waals surface area contributed by atoms with Crippen LogP contribution in [0.15, 0.2) is 0 Å². The van der Waals surface area contributed by atoms with Crippen LogP contribution in [0.5, 0.6) is 0 Å². The fourth-order valence-electron chi connectivity index (χ4n) is 13.0. The highest BCUT2D eigenvalue weighted by Crippen LogP contribution is 2.45. The number of hydrogen-bond donors (Lipinski definition) is 3. The van der Waals surface area contributed by atoms with Crippen molar-refractivity contribution in [3.8, 4) is 0 Å². The number of ether oxygens (including phenoxy) is 4. The third-order valence-corrected chi connectivity index (χ3v) is 21.5. The van der Waals surface area contributed by atoms with E-state index in [1.54, 1.807) is 0 Å². The average molecular weight is 1510 g/mol. The molecular weight excluding hydrogens is 1340 g/mol. The molecule has 0 saturated heterocycles. The summed E-state index contributed by atoms with van der Waals surface area (Å²) < 4.78 is 68.8. The van der Waals surface area contributed by atoms with Crippen LogP contribution in [0.4, 0.5) is 0 Å². The van der Waals surface area contributed by atoms with E-state index in [1.807, 2.05) is 0 Å². The Morgan fingerprint density at radius 1 is 0.243 bits per heavy atom. The first-order valence-corrected chi connectivity index (χ1v) is 46.2. The molecule has 612 valence electrons. The van der Waals surface area contributed by atoms with Crippen LogP contribution < -0.4 is 0 Å². The van der Waals surface area contributed by atoms with Crippen molar-refractivity contribution >= 4 is 39.5 Å². The first kappa shape index (κ1) is 101. The predicted molar refractivity (Wildman–Crippen MR) is 423 cm³/mol. The Balaban J connectivity index is 5.26. The highest BCUT2D eigenvalue weighted by molar-refractivity contribution is 7.47. The second kappa shape index (κ2) is 72.9. The molecule has 19 heteroatoms. The number of rotatable bonds is 81. The van der Waals surface area contributed by atoms with Gasteiger partial charge in [0, 0.05) is 25.7 Å². The van der Waals surface area contributed by atoms with Gasteiger partial charge in [-0.05, 0) is 49.4 Å². The minimum Gasteiger partial charge on any atom is -0.462 e. The number of carbonyl (C=O) groups excluding carboxylic acids is 4. The second-order valence-corrected chi connectivity index (χ2v) is 35.0. The van der Waals surface area contributed by atoms with E-state index in [0.717, 1.165) is 114 Å². The molecule has 103 heavy (non-hydrogen) atoms. The van der Waals surface area contributed by atoms with Crippen LogP contribution in [0.25, 0.3) is 0 Å². The van der Waals surface area contributed by atoms with Crippen molar-refractivity contribution in [2.24, 2.45) is 23.7 Å². The number of aliphatic hydroxyl groups excluding tert-OH is 1. The Morgan fingerprint density at radius 2 is 0.408 bits per heavy atom. The first-order valence-electron chi connectivity index (χ1n) is 43.2. The third-order valence-electron chi connectivity index (χ3n) is 19.6. The van der Waals surface area contributed by atoms with Crippen molar-refractivity contribution < 1.29 is 80.2 Å². The molecule has 0 rings (SSSR count). The molecule has 0 bridgehead atoms. The van der Waals surface area contributed by atoms with Crippen molar-refractivity contribution in [1.82, 2.24) is 0 Å². The van der Waals surface area contributed by atoms with Gasteiger partial charge < -0.3 is 33.8 Å². The quantitative estimate of drug-likeness (QED) is 0.0222. The van der Waals surface area contributed by atoms with E-state index in [0.29, 0.717) is 25.7 Å². The molecule has 3 N–H and O–H groups in total. The van der Waals surface area contributed by atoms with Crippen LogP contribution in [-0.2, 0) is 65.4 Å². The van der Waals surface area contributed by atoms with Crippen LogP contribution in [0.2, 0.25) is 0 Å². The summed E-state index contributed by atoms with van der Waals surface area (Å²) in [5.74, 6) is 1.02. The molecule has 0 radical (unpaired) electrons. The van der Waals surface area contributed by atoms with E-state index < -0.39 is 97.5 Å². The molecule has 2 unspecified atom stereocenters. The zero-order valence-electron chi connectivity index (χ0n) is 68.0. The van der Waals surface area contributed by atoms with Gasteiger partial charge in [0.05, 0.1) is 26.4 Å². The minimum atomic E-state index is -4.97. The van der Waals surface area contributed by atoms with E-state index in [-0.39, 0.29) is 25.7 Å². The lowest BCUT2D eigenvalue weighted by molar-refractivity contribution is -0.161. The highest BCUT2D eigenvalue weighted by atomic mass is 31.2. The van der Waals surface area contributed by atoms with E-state index in [9.17, 15) is 43.2 Å². The summed E-state index contributed by atoms with van der Waals surface area (Å²) in [6, 6.07) is 0. The number of aliphatic hydroxyl groups is 1. The molecule has 0 saturated carbocycles. The van der Waals surface area contributed by atoms with Crippen molar-refractivity contribution in [2.75, 3.05) is 39.6 Å². The SMILES string of the molecule is CC(C)CCCCCCCCCCCCCCCCCCC(=O)O[C@H](COC(=O)CCCCCCCCCCCCCCCCCC(C)C)COP(=O)(O)OC[C@@H](O)COP(=O)(O)OC[C@@H](COC(=O)CCCCCCCCCCCC(C)C)OC(=O)CCCCCCCCCCCCCC(C)C. The zero-order valence-corrected chi connectivity index (χ0v) is 69.7. The van der Waals surface area contributed by atoms with E-state index in [2.05, 4.69) is 55.4 Å². The van der Waals surface area contributed by atoms with Crippen molar-refractivity contribution in [3.63, 3.8) is 0 Å². The zero-order chi connectivity index (χ0) is 76.0. The van der Waals surface area contributed by atoms with Crippen LogP contribution in [0, 0.1) is 23.7 Å². The number of esters is 4. The van der Waals surface area contributed by atoms with E-state index >= 15 is 0 Å². The summed E-state index contributed by atoms with van der Waals surface area (Å²) in [6.07, 6.45) is 61.0. The largest absolute Gasteiger partial charge is 0.472 e. The second-order valence-electron chi connectivity index (χ2n) is 32.1. The molecule has 0 aromatic heterocycles. The number of unbranched alkanes of at least 4 members (excludes halogenated alkanes) is 47. The van der Waals surface area contributed by atoms with Crippen molar-refractivity contribution in [1.29, 1.82) is 0 Å². The van der Waals surface area contributed by atoms with E-state index in [4.69, 9.17) is 37.0 Å². The van der Waals surface area contributed by atoms with E-state index in [1.165, 1.54) is 238 Å². The molecule has 0 spiro atoms. The van der Waals surface area contributed by atoms with Gasteiger partial charge in [0.15, 0.2) is 12.2 Å². The monoisotopic (exact) mass is 1510 g/mol. The first-order chi connectivity index (χ1) is 49.6. The molecule has 0 amide bonds. The molecule has 0 heterocycles. The molecule has 0 aromatic carbocycles. The van der Waals surface area contributed by atoms with Crippen LogP contribution >= 0.6 is 15.6 Å². The Morgan fingerprint density at radius 3 is 0.602 bits per heavy atom. The Bertz CT molecular complexity index is 2010. The molecule has 0 aromatic rings. The summed E-state index contributed by atoms with van der Waals surface area (Å²) in [7, 11) is -9.93. The summed E-state index contributed by atoms with van der Waals surface area (Å²) in [4.78, 5) is 73.2. The maximum Gasteiger partial charge on any atom is 0.472 e. The summed E-state index contributed by atoms with van der Waals surface area (Å²) in [6.45, 7) is 14.3. The van der Waals surface area contributed by atoms with Crippen LogP contribution in [-0.4, -0.2) is 96.7 Å². The lowest BCUT2D eigenvalue weighted by Gasteiger charge is -2.21. The van der Waals surface area contributed by atoms with Gasteiger partial charge in [-0.25, -0.2) is 9.13 Å². The van der Waals surface area contributed by atoms with Gasteiger partial charge in [-0.3, -0.25) is 37.3 Å². The molecule has 0 aliphatic heterocycles. The molecular formula is C84H164O17P2. The summed E-state index contributed by atoms with van der Waals surface area (Å²) in [5.41, 5.74) is 0. The van der Waals surface area contributed by atoms with Gasteiger partial charge in [0.25, 0.3) is 0 Å².